The van der Waals surface area contributed by atoms with E-state index >= 15 is 0 Å². The van der Waals surface area contributed by atoms with Crippen LogP contribution in [0, 0.1) is 5.92 Å². The number of rotatable bonds is 13. The minimum atomic E-state index is -3.33. The minimum absolute atomic E-state index is 0. The molecule has 1 atom stereocenters. The van der Waals surface area contributed by atoms with Crippen LogP contribution in [0.15, 0.2) is 4.99 Å². The third-order valence-electron chi connectivity index (χ3n) is 3.98. The lowest BCUT2D eigenvalue weighted by atomic mass is 10.1. The van der Waals surface area contributed by atoms with E-state index in [0.29, 0.717) is 38.1 Å². The molecule has 1 aliphatic rings. The predicted molar refractivity (Wildman–Crippen MR) is 125 cm³/mol. The number of halogens is 1. The third kappa shape index (κ3) is 14.8. The van der Waals surface area contributed by atoms with Crippen LogP contribution in [0.3, 0.4) is 0 Å². The third-order valence-corrected chi connectivity index (χ3v) is 5.33. The van der Waals surface area contributed by atoms with Gasteiger partial charge in [-0.1, -0.05) is 13.8 Å². The van der Waals surface area contributed by atoms with Gasteiger partial charge in [0.25, 0.3) is 0 Å². The van der Waals surface area contributed by atoms with Gasteiger partial charge in [0.05, 0.1) is 11.9 Å². The molecule has 0 spiro atoms. The number of sulfonamides is 1. The fourth-order valence-corrected chi connectivity index (χ4v) is 3.54. The molecule has 0 saturated carbocycles. The molecule has 0 aromatic carbocycles. The van der Waals surface area contributed by atoms with Crippen LogP contribution >= 0.6 is 24.0 Å². The van der Waals surface area contributed by atoms with E-state index in [1.807, 2.05) is 6.92 Å². The summed E-state index contributed by atoms with van der Waals surface area (Å²) < 4.78 is 38.0. The summed E-state index contributed by atoms with van der Waals surface area (Å²) >= 11 is 0. The van der Waals surface area contributed by atoms with Crippen molar-refractivity contribution in [3.8, 4) is 0 Å². The Kier molecular flexibility index (Phi) is 16.5. The molecule has 3 N–H and O–H groups in total. The Bertz CT molecular complexity index is 512. The second-order valence-electron chi connectivity index (χ2n) is 7.17. The highest BCUT2D eigenvalue weighted by Crippen LogP contribution is 2.11. The van der Waals surface area contributed by atoms with Gasteiger partial charge in [-0.25, -0.2) is 13.1 Å². The molecule has 0 amide bonds. The molecule has 0 aromatic heterocycles. The van der Waals surface area contributed by atoms with Crippen LogP contribution in [0.25, 0.3) is 0 Å². The molecule has 1 heterocycles. The van der Waals surface area contributed by atoms with Gasteiger partial charge in [0.15, 0.2) is 5.96 Å². The maximum atomic E-state index is 12.1. The standard InChI is InChI=1S/C18H38N4O4S.HI/c1-4-19-18(20-9-7-11-25-15-16(2)3)21-10-13-27(23,24)22-14-17-8-5-6-12-26-17;/h16-17,22H,4-15H2,1-3H3,(H2,19,20,21);1H. The first-order chi connectivity index (χ1) is 12.9. The summed E-state index contributed by atoms with van der Waals surface area (Å²) in [6, 6.07) is 0. The molecule has 0 radical (unpaired) electrons. The summed E-state index contributed by atoms with van der Waals surface area (Å²) in [5, 5.41) is 6.20. The van der Waals surface area contributed by atoms with Crippen molar-refractivity contribution in [2.45, 2.75) is 52.6 Å². The Morgan fingerprint density at radius 3 is 2.71 bits per heavy atom. The Morgan fingerprint density at radius 1 is 1.29 bits per heavy atom. The van der Waals surface area contributed by atoms with Crippen molar-refractivity contribution < 1.29 is 17.9 Å². The molecule has 1 saturated heterocycles. The number of hydrogen-bond donors (Lipinski definition) is 3. The molecular formula is C18H39IN4O4S. The van der Waals surface area contributed by atoms with Gasteiger partial charge >= 0.3 is 0 Å². The largest absolute Gasteiger partial charge is 0.381 e. The van der Waals surface area contributed by atoms with Gasteiger partial charge in [-0.15, -0.1) is 24.0 Å². The first kappa shape index (κ1) is 27.8. The first-order valence-corrected chi connectivity index (χ1v) is 11.8. The van der Waals surface area contributed by atoms with Crippen molar-refractivity contribution in [2.75, 3.05) is 51.8 Å². The molecule has 0 bridgehead atoms. The topological polar surface area (TPSA) is 101 Å². The van der Waals surface area contributed by atoms with E-state index in [1.54, 1.807) is 0 Å². The van der Waals surface area contributed by atoms with Crippen molar-refractivity contribution in [1.82, 2.24) is 15.4 Å². The average Bonchev–Trinajstić information content (AvgIpc) is 2.63. The lowest BCUT2D eigenvalue weighted by Gasteiger charge is -2.22. The minimum Gasteiger partial charge on any atom is -0.381 e. The van der Waals surface area contributed by atoms with E-state index in [2.05, 4.69) is 34.2 Å². The van der Waals surface area contributed by atoms with Gasteiger partial charge in [0.1, 0.15) is 0 Å². The molecule has 168 valence electrons. The van der Waals surface area contributed by atoms with Gasteiger partial charge in [-0.05, 0) is 38.5 Å². The van der Waals surface area contributed by atoms with E-state index in [1.165, 1.54) is 0 Å². The van der Waals surface area contributed by atoms with Gasteiger partial charge in [0.2, 0.25) is 10.0 Å². The Morgan fingerprint density at radius 2 is 2.07 bits per heavy atom. The van der Waals surface area contributed by atoms with Crippen LogP contribution < -0.4 is 15.4 Å². The molecule has 8 nitrogen and oxygen atoms in total. The normalized spacial score (nSPS) is 18.0. The average molecular weight is 535 g/mol. The number of nitrogens with one attached hydrogen (secondary N) is 3. The zero-order chi connectivity index (χ0) is 20.0. The zero-order valence-electron chi connectivity index (χ0n) is 17.5. The summed E-state index contributed by atoms with van der Waals surface area (Å²) in [6.07, 6.45) is 3.91. The van der Waals surface area contributed by atoms with E-state index in [9.17, 15) is 8.42 Å². The lowest BCUT2D eigenvalue weighted by molar-refractivity contribution is 0.0200. The fraction of sp³-hybridized carbons (Fsp3) is 0.944. The van der Waals surface area contributed by atoms with E-state index in [4.69, 9.17) is 9.47 Å². The number of hydrogen-bond acceptors (Lipinski definition) is 5. The number of guanidine groups is 1. The molecule has 1 fully saturated rings. The summed E-state index contributed by atoms with van der Waals surface area (Å²) in [4.78, 5) is 4.45. The molecule has 1 unspecified atom stereocenters. The van der Waals surface area contributed by atoms with E-state index < -0.39 is 10.0 Å². The summed E-state index contributed by atoms with van der Waals surface area (Å²) in [5.41, 5.74) is 0. The lowest BCUT2D eigenvalue weighted by Crippen LogP contribution is -2.42. The predicted octanol–water partition coefficient (Wildman–Crippen LogP) is 1.71. The molecule has 1 rings (SSSR count). The van der Waals surface area contributed by atoms with Crippen LogP contribution in [0.5, 0.6) is 0 Å². The monoisotopic (exact) mass is 534 g/mol. The van der Waals surface area contributed by atoms with Crippen LogP contribution in [-0.2, 0) is 19.5 Å². The van der Waals surface area contributed by atoms with Gasteiger partial charge in [-0.2, -0.15) is 0 Å². The van der Waals surface area contributed by atoms with Gasteiger partial charge in [-0.3, -0.25) is 4.99 Å². The van der Waals surface area contributed by atoms with E-state index in [-0.39, 0.29) is 35.8 Å². The highest BCUT2D eigenvalue weighted by molar-refractivity contribution is 14.0. The van der Waals surface area contributed by atoms with Crippen LogP contribution in [0.4, 0.5) is 0 Å². The number of ether oxygens (including phenoxy) is 2. The summed E-state index contributed by atoms with van der Waals surface area (Å²) in [5.74, 6) is 1.17. The first-order valence-electron chi connectivity index (χ1n) is 10.1. The molecule has 0 aliphatic carbocycles. The molecule has 0 aromatic rings. The number of aliphatic imine (C=N–C) groups is 1. The molecular weight excluding hydrogens is 495 g/mol. The smallest absolute Gasteiger partial charge is 0.213 e. The number of nitrogens with zero attached hydrogens (tertiary/aromatic N) is 1. The maximum absolute atomic E-state index is 12.1. The van der Waals surface area contributed by atoms with Gasteiger partial charge < -0.3 is 20.1 Å². The van der Waals surface area contributed by atoms with Crippen molar-refractivity contribution in [3.05, 3.63) is 0 Å². The van der Waals surface area contributed by atoms with E-state index in [0.717, 1.165) is 45.4 Å². The molecule has 28 heavy (non-hydrogen) atoms. The highest BCUT2D eigenvalue weighted by atomic mass is 127. The Labute approximate surface area is 188 Å². The zero-order valence-corrected chi connectivity index (χ0v) is 20.7. The molecule has 10 heteroatoms. The maximum Gasteiger partial charge on any atom is 0.213 e. The Hall–Kier alpha value is -0.170. The van der Waals surface area contributed by atoms with Crippen molar-refractivity contribution >= 4 is 40.0 Å². The quantitative estimate of drug-likeness (QED) is 0.144. The second kappa shape index (κ2) is 16.6. The summed E-state index contributed by atoms with van der Waals surface area (Å²) in [7, 11) is -3.33. The van der Waals surface area contributed by atoms with Crippen LogP contribution in [-0.4, -0.2) is 72.2 Å². The SMILES string of the molecule is CCNC(=NCCCOCC(C)C)NCCS(=O)(=O)NCC1CCCCO1.I. The molecule has 1 aliphatic heterocycles. The second-order valence-corrected chi connectivity index (χ2v) is 9.09. The van der Waals surface area contributed by atoms with Crippen molar-refractivity contribution in [2.24, 2.45) is 10.9 Å². The van der Waals surface area contributed by atoms with Crippen LogP contribution in [0.1, 0.15) is 46.5 Å². The fourth-order valence-electron chi connectivity index (χ4n) is 2.58. The van der Waals surface area contributed by atoms with Crippen molar-refractivity contribution in [3.63, 3.8) is 0 Å². The summed E-state index contributed by atoms with van der Waals surface area (Å²) in [6.45, 7) is 10.4. The van der Waals surface area contributed by atoms with Crippen LogP contribution in [0.2, 0.25) is 0 Å². The Balaban J connectivity index is 0.00000729. The van der Waals surface area contributed by atoms with Gasteiger partial charge in [0, 0.05) is 46.0 Å². The van der Waals surface area contributed by atoms with Crippen molar-refractivity contribution in [1.29, 1.82) is 0 Å². The highest BCUT2D eigenvalue weighted by Gasteiger charge is 2.17.